The van der Waals surface area contributed by atoms with E-state index in [1.807, 2.05) is 48.5 Å². The van der Waals surface area contributed by atoms with Gasteiger partial charge in [-0.3, -0.25) is 9.69 Å². The molecule has 1 aliphatic heterocycles. The normalized spacial score (nSPS) is 12.3. The maximum atomic E-state index is 13.0. The maximum absolute atomic E-state index is 13.0. The van der Waals surface area contributed by atoms with E-state index in [9.17, 15) is 9.59 Å². The summed E-state index contributed by atoms with van der Waals surface area (Å²) in [4.78, 5) is 33.0. The van der Waals surface area contributed by atoms with Crippen molar-refractivity contribution in [1.29, 1.82) is 0 Å². The molecule has 1 aliphatic rings. The number of hydrogen-bond donors (Lipinski definition) is 0. The number of oxazole rings is 1. The predicted octanol–water partition coefficient (Wildman–Crippen LogP) is 4.81. The van der Waals surface area contributed by atoms with Crippen LogP contribution >= 0.6 is 11.8 Å². The minimum Gasteiger partial charge on any atom is -0.452 e. The Balaban J connectivity index is 1.39. The van der Waals surface area contributed by atoms with E-state index in [0.717, 1.165) is 21.2 Å². The average molecular weight is 402 g/mol. The molecule has 1 amide bonds. The van der Waals surface area contributed by atoms with Crippen LogP contribution in [-0.2, 0) is 9.53 Å². The summed E-state index contributed by atoms with van der Waals surface area (Å²) in [7, 11) is 0. The fourth-order valence-electron chi connectivity index (χ4n) is 3.23. The van der Waals surface area contributed by atoms with Crippen molar-refractivity contribution < 1.29 is 18.7 Å². The highest BCUT2D eigenvalue weighted by atomic mass is 32.2. The van der Waals surface area contributed by atoms with Crippen LogP contribution in [0.15, 0.2) is 87.3 Å². The van der Waals surface area contributed by atoms with Gasteiger partial charge in [-0.25, -0.2) is 9.78 Å². The van der Waals surface area contributed by atoms with Crippen molar-refractivity contribution in [1.82, 2.24) is 4.98 Å². The number of fused-ring (bicyclic) bond motifs is 3. The minimum atomic E-state index is -0.593. The number of carbonyl (C=O) groups excluding carboxylic acids is 2. The van der Waals surface area contributed by atoms with Gasteiger partial charge in [-0.2, -0.15) is 0 Å². The predicted molar refractivity (Wildman–Crippen MR) is 108 cm³/mol. The zero-order valence-electron chi connectivity index (χ0n) is 15.1. The number of esters is 1. The average Bonchev–Trinajstić information content (AvgIpc) is 3.23. The zero-order valence-corrected chi connectivity index (χ0v) is 15.9. The lowest BCUT2D eigenvalue weighted by Gasteiger charge is -2.30. The standard InChI is InChI=1S/C22H14N2O4S/c25-21(12-27-22(26)14-9-10-15-18(11-14)28-13-23-15)24-16-5-1-3-7-19(16)29-20-8-4-2-6-17(20)24/h1-11,13H,12H2. The molecule has 0 atom stereocenters. The molecule has 7 heteroatoms. The Bertz CT molecular complexity index is 1200. The number of anilines is 2. The molecule has 0 fully saturated rings. The molecule has 0 N–H and O–H groups in total. The number of hydrogen-bond acceptors (Lipinski definition) is 6. The molecule has 4 aromatic rings. The Morgan fingerprint density at radius 3 is 2.38 bits per heavy atom. The molecule has 2 heterocycles. The molecule has 6 nitrogen and oxygen atoms in total. The number of aromatic nitrogens is 1. The Hall–Kier alpha value is -3.58. The van der Waals surface area contributed by atoms with Gasteiger partial charge in [-0.05, 0) is 42.5 Å². The third kappa shape index (κ3) is 3.15. The van der Waals surface area contributed by atoms with Crippen LogP contribution in [0.2, 0.25) is 0 Å². The van der Waals surface area contributed by atoms with Crippen LogP contribution < -0.4 is 4.90 Å². The van der Waals surface area contributed by atoms with Crippen LogP contribution in [0.4, 0.5) is 11.4 Å². The van der Waals surface area contributed by atoms with Gasteiger partial charge in [0.2, 0.25) is 0 Å². The number of rotatable bonds is 3. The molecule has 29 heavy (non-hydrogen) atoms. The topological polar surface area (TPSA) is 72.6 Å². The Morgan fingerprint density at radius 1 is 0.966 bits per heavy atom. The summed E-state index contributed by atoms with van der Waals surface area (Å²) < 4.78 is 10.5. The Morgan fingerprint density at radius 2 is 1.66 bits per heavy atom. The third-order valence-corrected chi connectivity index (χ3v) is 5.71. The van der Waals surface area contributed by atoms with Crippen molar-refractivity contribution in [3.8, 4) is 0 Å². The van der Waals surface area contributed by atoms with E-state index >= 15 is 0 Å². The van der Waals surface area contributed by atoms with Gasteiger partial charge < -0.3 is 9.15 Å². The van der Waals surface area contributed by atoms with E-state index in [1.54, 1.807) is 34.9 Å². The van der Waals surface area contributed by atoms with Crippen molar-refractivity contribution in [2.45, 2.75) is 9.79 Å². The van der Waals surface area contributed by atoms with E-state index in [0.29, 0.717) is 16.7 Å². The van der Waals surface area contributed by atoms with Crippen LogP contribution in [-0.4, -0.2) is 23.5 Å². The molecular weight excluding hydrogens is 388 g/mol. The second kappa shape index (κ2) is 7.10. The highest BCUT2D eigenvalue weighted by molar-refractivity contribution is 7.99. The zero-order chi connectivity index (χ0) is 19.8. The van der Waals surface area contributed by atoms with Gasteiger partial charge in [0.15, 0.2) is 18.6 Å². The van der Waals surface area contributed by atoms with Gasteiger partial charge in [0.05, 0.1) is 16.9 Å². The van der Waals surface area contributed by atoms with Gasteiger partial charge in [-0.1, -0.05) is 36.0 Å². The molecule has 0 spiro atoms. The van der Waals surface area contributed by atoms with Crippen molar-refractivity contribution in [2.75, 3.05) is 11.5 Å². The lowest BCUT2D eigenvalue weighted by atomic mass is 10.2. The van der Waals surface area contributed by atoms with Crippen molar-refractivity contribution in [3.05, 3.63) is 78.7 Å². The highest BCUT2D eigenvalue weighted by Gasteiger charge is 2.28. The summed E-state index contributed by atoms with van der Waals surface area (Å²) in [5, 5.41) is 0. The van der Waals surface area contributed by atoms with Crippen LogP contribution in [0.25, 0.3) is 11.1 Å². The van der Waals surface area contributed by atoms with Gasteiger partial charge in [-0.15, -0.1) is 0 Å². The van der Waals surface area contributed by atoms with E-state index in [2.05, 4.69) is 4.98 Å². The fourth-order valence-corrected chi connectivity index (χ4v) is 4.29. The van der Waals surface area contributed by atoms with Gasteiger partial charge >= 0.3 is 5.97 Å². The largest absolute Gasteiger partial charge is 0.452 e. The smallest absolute Gasteiger partial charge is 0.338 e. The van der Waals surface area contributed by atoms with Crippen LogP contribution in [0.5, 0.6) is 0 Å². The summed E-state index contributed by atoms with van der Waals surface area (Å²) >= 11 is 1.61. The van der Waals surface area contributed by atoms with Crippen LogP contribution in [0.1, 0.15) is 10.4 Å². The number of ether oxygens (including phenoxy) is 1. The van der Waals surface area contributed by atoms with Crippen molar-refractivity contribution in [2.24, 2.45) is 0 Å². The van der Waals surface area contributed by atoms with Gasteiger partial charge in [0, 0.05) is 9.79 Å². The molecule has 1 aromatic heterocycles. The van der Waals surface area contributed by atoms with Crippen LogP contribution in [0, 0.1) is 0 Å². The summed E-state index contributed by atoms with van der Waals surface area (Å²) in [6, 6.07) is 20.2. The van der Waals surface area contributed by atoms with Crippen LogP contribution in [0.3, 0.4) is 0 Å². The first-order valence-corrected chi connectivity index (χ1v) is 9.71. The van der Waals surface area contributed by atoms with E-state index in [1.165, 1.54) is 6.39 Å². The second-order valence-electron chi connectivity index (χ2n) is 6.38. The summed E-state index contributed by atoms with van der Waals surface area (Å²) in [6.45, 7) is -0.374. The summed E-state index contributed by atoms with van der Waals surface area (Å²) in [5.41, 5.74) is 3.00. The maximum Gasteiger partial charge on any atom is 0.338 e. The van der Waals surface area contributed by atoms with Gasteiger partial charge in [0.25, 0.3) is 5.91 Å². The molecule has 3 aromatic carbocycles. The quantitative estimate of drug-likeness (QED) is 0.458. The number of amides is 1. The Labute approximate surface area is 170 Å². The molecule has 142 valence electrons. The van der Waals surface area contributed by atoms with Crippen molar-refractivity contribution >= 4 is 46.1 Å². The number of benzene rings is 3. The third-order valence-electron chi connectivity index (χ3n) is 4.58. The monoisotopic (exact) mass is 402 g/mol. The molecule has 0 saturated heterocycles. The summed E-state index contributed by atoms with van der Waals surface area (Å²) in [5.74, 6) is -0.913. The SMILES string of the molecule is O=C(OCC(=O)N1c2ccccc2Sc2ccccc21)c1ccc2ncoc2c1. The fraction of sp³-hybridized carbons (Fsp3) is 0.0455. The van der Waals surface area contributed by atoms with Crippen molar-refractivity contribution in [3.63, 3.8) is 0 Å². The Kier molecular flexibility index (Phi) is 4.29. The molecule has 0 saturated carbocycles. The van der Waals surface area contributed by atoms with E-state index in [-0.39, 0.29) is 12.5 Å². The number of carbonyl (C=O) groups is 2. The highest BCUT2D eigenvalue weighted by Crippen LogP contribution is 2.47. The molecule has 5 rings (SSSR count). The molecule has 0 radical (unpaired) electrons. The molecule has 0 bridgehead atoms. The summed E-state index contributed by atoms with van der Waals surface area (Å²) in [6.07, 6.45) is 1.31. The van der Waals surface area contributed by atoms with Gasteiger partial charge in [0.1, 0.15) is 5.52 Å². The number of para-hydroxylation sites is 2. The molecular formula is C22H14N2O4S. The first-order valence-electron chi connectivity index (χ1n) is 8.90. The minimum absolute atomic E-state index is 0.303. The van der Waals surface area contributed by atoms with E-state index < -0.39 is 5.97 Å². The first-order chi connectivity index (χ1) is 14.2. The second-order valence-corrected chi connectivity index (χ2v) is 7.46. The first kappa shape index (κ1) is 17.5. The molecule has 0 unspecified atom stereocenters. The number of nitrogens with zero attached hydrogens (tertiary/aromatic N) is 2. The molecule has 0 aliphatic carbocycles. The lowest BCUT2D eigenvalue weighted by Crippen LogP contribution is -2.32. The lowest BCUT2D eigenvalue weighted by molar-refractivity contribution is -0.121. The van der Waals surface area contributed by atoms with E-state index in [4.69, 9.17) is 9.15 Å².